The summed E-state index contributed by atoms with van der Waals surface area (Å²) >= 11 is 0. The van der Waals surface area contributed by atoms with Crippen molar-refractivity contribution in [2.75, 3.05) is 5.32 Å². The minimum absolute atomic E-state index is 0.248. The summed E-state index contributed by atoms with van der Waals surface area (Å²) in [5, 5.41) is 6.30. The van der Waals surface area contributed by atoms with Crippen LogP contribution in [0.3, 0.4) is 0 Å². The van der Waals surface area contributed by atoms with Crippen molar-refractivity contribution in [2.24, 2.45) is 0 Å². The fraction of sp³-hybridized carbons (Fsp3) is 0.100. The number of nitrogens with one attached hydrogen (secondary N) is 1. The molecular formula is C10H8F2N2O. The van der Waals surface area contributed by atoms with Gasteiger partial charge in [0.2, 0.25) is 0 Å². The van der Waals surface area contributed by atoms with Gasteiger partial charge in [-0.05, 0) is 12.1 Å². The lowest BCUT2D eigenvalue weighted by atomic mass is 10.3. The van der Waals surface area contributed by atoms with Gasteiger partial charge < -0.3 is 9.84 Å². The van der Waals surface area contributed by atoms with Crippen LogP contribution in [0.1, 0.15) is 5.56 Å². The Morgan fingerprint density at radius 1 is 1.33 bits per heavy atom. The van der Waals surface area contributed by atoms with E-state index in [1.807, 2.05) is 0 Å². The van der Waals surface area contributed by atoms with E-state index < -0.39 is 11.6 Å². The van der Waals surface area contributed by atoms with Crippen LogP contribution in [0.15, 0.2) is 35.2 Å². The molecule has 0 saturated carbocycles. The predicted molar refractivity (Wildman–Crippen MR) is 50.2 cm³/mol. The zero-order valence-corrected chi connectivity index (χ0v) is 7.71. The molecule has 0 saturated heterocycles. The maximum atomic E-state index is 13.1. The zero-order valence-electron chi connectivity index (χ0n) is 7.71. The Morgan fingerprint density at radius 2 is 2.20 bits per heavy atom. The van der Waals surface area contributed by atoms with Crippen molar-refractivity contribution in [1.82, 2.24) is 5.16 Å². The number of halogens is 2. The average Bonchev–Trinajstić information content (AvgIpc) is 2.69. The van der Waals surface area contributed by atoms with Crippen molar-refractivity contribution in [1.29, 1.82) is 0 Å². The SMILES string of the molecule is Fc1ccc(NCc2cnoc2)c(F)c1. The molecule has 3 nitrogen and oxygen atoms in total. The molecule has 0 unspecified atom stereocenters. The smallest absolute Gasteiger partial charge is 0.149 e. The lowest BCUT2D eigenvalue weighted by molar-refractivity contribution is 0.419. The van der Waals surface area contributed by atoms with Crippen molar-refractivity contribution >= 4 is 5.69 Å². The standard InChI is InChI=1S/C10H8F2N2O/c11-8-1-2-10(9(12)3-8)13-4-7-5-14-15-6-7/h1-3,5-6,13H,4H2. The molecular weight excluding hydrogens is 202 g/mol. The summed E-state index contributed by atoms with van der Waals surface area (Å²) in [7, 11) is 0. The Morgan fingerprint density at radius 3 is 2.87 bits per heavy atom. The van der Waals surface area contributed by atoms with Gasteiger partial charge in [0.05, 0.1) is 11.9 Å². The molecule has 0 aliphatic rings. The highest BCUT2D eigenvalue weighted by Gasteiger charge is 2.03. The average molecular weight is 210 g/mol. The molecule has 2 aromatic rings. The lowest BCUT2D eigenvalue weighted by Crippen LogP contribution is -2.00. The molecule has 78 valence electrons. The second kappa shape index (κ2) is 4.08. The van der Waals surface area contributed by atoms with Crippen molar-refractivity contribution in [2.45, 2.75) is 6.54 Å². The molecule has 1 aromatic carbocycles. The third kappa shape index (κ3) is 2.31. The summed E-state index contributed by atoms with van der Waals surface area (Å²) in [6.07, 6.45) is 2.98. The zero-order chi connectivity index (χ0) is 10.7. The van der Waals surface area contributed by atoms with Gasteiger partial charge in [-0.1, -0.05) is 5.16 Å². The van der Waals surface area contributed by atoms with Crippen LogP contribution >= 0.6 is 0 Å². The number of nitrogens with zero attached hydrogens (tertiary/aromatic N) is 1. The third-order valence-electron chi connectivity index (χ3n) is 1.90. The van der Waals surface area contributed by atoms with E-state index >= 15 is 0 Å². The maximum absolute atomic E-state index is 13.1. The molecule has 0 aliphatic heterocycles. The Hall–Kier alpha value is -1.91. The van der Waals surface area contributed by atoms with Crippen LogP contribution in [-0.2, 0) is 6.54 Å². The van der Waals surface area contributed by atoms with E-state index in [4.69, 9.17) is 0 Å². The van der Waals surface area contributed by atoms with Crippen molar-refractivity contribution in [3.05, 3.63) is 47.9 Å². The molecule has 1 N–H and O–H groups in total. The van der Waals surface area contributed by atoms with Crippen molar-refractivity contribution in [3.8, 4) is 0 Å². The molecule has 1 aromatic heterocycles. The highest BCUT2D eigenvalue weighted by molar-refractivity contribution is 5.44. The van der Waals surface area contributed by atoms with Gasteiger partial charge in [0.1, 0.15) is 17.9 Å². The highest BCUT2D eigenvalue weighted by atomic mass is 19.1. The number of rotatable bonds is 3. The summed E-state index contributed by atoms with van der Waals surface area (Å²) in [5.74, 6) is -1.21. The summed E-state index contributed by atoms with van der Waals surface area (Å²) in [4.78, 5) is 0. The van der Waals surface area contributed by atoms with Gasteiger partial charge >= 0.3 is 0 Å². The Balaban J connectivity index is 2.05. The molecule has 0 amide bonds. The quantitative estimate of drug-likeness (QED) is 0.846. The largest absolute Gasteiger partial charge is 0.378 e. The molecule has 0 radical (unpaired) electrons. The molecule has 0 fully saturated rings. The van der Waals surface area contributed by atoms with Crippen LogP contribution in [0, 0.1) is 11.6 Å². The first-order chi connectivity index (χ1) is 7.25. The van der Waals surface area contributed by atoms with Crippen LogP contribution in [0.2, 0.25) is 0 Å². The monoisotopic (exact) mass is 210 g/mol. The van der Waals surface area contributed by atoms with E-state index in [2.05, 4.69) is 15.0 Å². The Bertz CT molecular complexity index is 443. The summed E-state index contributed by atoms with van der Waals surface area (Å²) in [6, 6.07) is 3.37. The van der Waals surface area contributed by atoms with Crippen molar-refractivity contribution < 1.29 is 13.3 Å². The van der Waals surface area contributed by atoms with E-state index in [0.29, 0.717) is 6.54 Å². The van der Waals surface area contributed by atoms with Gasteiger partial charge in [0, 0.05) is 18.2 Å². The fourth-order valence-electron chi connectivity index (χ4n) is 1.14. The second-order valence-corrected chi connectivity index (χ2v) is 3.01. The van der Waals surface area contributed by atoms with Crippen LogP contribution < -0.4 is 5.32 Å². The van der Waals surface area contributed by atoms with Crippen LogP contribution in [0.25, 0.3) is 0 Å². The van der Waals surface area contributed by atoms with Gasteiger partial charge in [-0.15, -0.1) is 0 Å². The predicted octanol–water partition coefficient (Wildman–Crippen LogP) is 2.56. The molecule has 1 heterocycles. The Labute approximate surface area is 84.7 Å². The van der Waals surface area contributed by atoms with E-state index in [-0.39, 0.29) is 5.69 Å². The minimum Gasteiger partial charge on any atom is -0.378 e. The van der Waals surface area contributed by atoms with E-state index in [9.17, 15) is 8.78 Å². The highest BCUT2D eigenvalue weighted by Crippen LogP contribution is 2.15. The summed E-state index contributed by atoms with van der Waals surface area (Å²) < 4.78 is 30.3. The van der Waals surface area contributed by atoms with Crippen molar-refractivity contribution in [3.63, 3.8) is 0 Å². The van der Waals surface area contributed by atoms with Crippen LogP contribution in [-0.4, -0.2) is 5.16 Å². The first-order valence-corrected chi connectivity index (χ1v) is 4.33. The van der Waals surface area contributed by atoms with Crippen LogP contribution in [0.5, 0.6) is 0 Å². The molecule has 0 atom stereocenters. The number of aromatic nitrogens is 1. The number of hydrogen-bond acceptors (Lipinski definition) is 3. The molecule has 0 spiro atoms. The minimum atomic E-state index is -0.619. The Kier molecular flexibility index (Phi) is 2.62. The second-order valence-electron chi connectivity index (χ2n) is 3.01. The molecule has 0 bridgehead atoms. The summed E-state index contributed by atoms with van der Waals surface area (Å²) in [5.41, 5.74) is 1.04. The molecule has 5 heteroatoms. The lowest BCUT2D eigenvalue weighted by Gasteiger charge is -2.05. The maximum Gasteiger partial charge on any atom is 0.149 e. The van der Waals surface area contributed by atoms with E-state index in [1.165, 1.54) is 24.6 Å². The van der Waals surface area contributed by atoms with Gasteiger partial charge in [-0.25, -0.2) is 8.78 Å². The van der Waals surface area contributed by atoms with Gasteiger partial charge in [-0.2, -0.15) is 0 Å². The van der Waals surface area contributed by atoms with E-state index in [0.717, 1.165) is 11.6 Å². The normalized spacial score (nSPS) is 10.3. The number of benzene rings is 1. The number of hydrogen-bond donors (Lipinski definition) is 1. The number of anilines is 1. The molecule has 15 heavy (non-hydrogen) atoms. The first-order valence-electron chi connectivity index (χ1n) is 4.33. The first kappa shape index (κ1) is 9.64. The van der Waals surface area contributed by atoms with Gasteiger partial charge in [0.15, 0.2) is 0 Å². The van der Waals surface area contributed by atoms with Crippen LogP contribution in [0.4, 0.5) is 14.5 Å². The molecule has 2 rings (SSSR count). The van der Waals surface area contributed by atoms with Gasteiger partial charge in [-0.3, -0.25) is 0 Å². The third-order valence-corrected chi connectivity index (χ3v) is 1.90. The van der Waals surface area contributed by atoms with Gasteiger partial charge in [0.25, 0.3) is 0 Å². The topological polar surface area (TPSA) is 38.1 Å². The fourth-order valence-corrected chi connectivity index (χ4v) is 1.14. The summed E-state index contributed by atoms with van der Waals surface area (Å²) in [6.45, 7) is 0.381. The molecule has 0 aliphatic carbocycles. The van der Waals surface area contributed by atoms with E-state index in [1.54, 1.807) is 0 Å².